The number of hydrogen-bond donors (Lipinski definition) is 0. The quantitative estimate of drug-likeness (QED) is 0.456. The Balaban J connectivity index is 2.99. The molecule has 96 valence electrons. The third kappa shape index (κ3) is 3.73. The standard InChI is InChI=1S/C14H16O4/c1-4-18-13-7-5-10(2)9-11(13)12(15)6-8-14(16)17-3/h5-9H,4H2,1-3H3/b8-6+. The van der Waals surface area contributed by atoms with Crippen molar-refractivity contribution in [2.75, 3.05) is 13.7 Å². The van der Waals surface area contributed by atoms with Gasteiger partial charge in [-0.2, -0.15) is 0 Å². The van der Waals surface area contributed by atoms with Crippen LogP contribution < -0.4 is 4.74 Å². The number of esters is 1. The van der Waals surface area contributed by atoms with Gasteiger partial charge in [-0.05, 0) is 32.1 Å². The van der Waals surface area contributed by atoms with Crippen LogP contribution in [0.5, 0.6) is 5.75 Å². The number of carbonyl (C=O) groups excluding carboxylic acids is 2. The van der Waals surface area contributed by atoms with E-state index in [0.717, 1.165) is 11.6 Å². The van der Waals surface area contributed by atoms with Crippen LogP contribution in [0.1, 0.15) is 22.8 Å². The first-order valence-electron chi connectivity index (χ1n) is 5.62. The van der Waals surface area contributed by atoms with Gasteiger partial charge in [-0.3, -0.25) is 4.79 Å². The Morgan fingerprint density at radius 1 is 1.28 bits per heavy atom. The van der Waals surface area contributed by atoms with Crippen LogP contribution in [-0.2, 0) is 9.53 Å². The van der Waals surface area contributed by atoms with E-state index in [2.05, 4.69) is 4.74 Å². The highest BCUT2D eigenvalue weighted by molar-refractivity contribution is 6.08. The molecule has 1 aromatic carbocycles. The Kier molecular flexibility index (Phi) is 5.11. The van der Waals surface area contributed by atoms with E-state index in [0.29, 0.717) is 17.9 Å². The zero-order valence-electron chi connectivity index (χ0n) is 10.7. The van der Waals surface area contributed by atoms with Crippen molar-refractivity contribution in [3.63, 3.8) is 0 Å². The minimum absolute atomic E-state index is 0.285. The van der Waals surface area contributed by atoms with E-state index in [1.54, 1.807) is 12.1 Å². The molecule has 18 heavy (non-hydrogen) atoms. The second-order valence-electron chi connectivity index (χ2n) is 3.65. The highest BCUT2D eigenvalue weighted by Crippen LogP contribution is 2.21. The average molecular weight is 248 g/mol. The van der Waals surface area contributed by atoms with Gasteiger partial charge in [-0.1, -0.05) is 11.6 Å². The number of allylic oxidation sites excluding steroid dienone is 1. The van der Waals surface area contributed by atoms with Crippen LogP contribution in [0, 0.1) is 6.92 Å². The number of benzene rings is 1. The lowest BCUT2D eigenvalue weighted by atomic mass is 10.1. The summed E-state index contributed by atoms with van der Waals surface area (Å²) >= 11 is 0. The average Bonchev–Trinajstić information content (AvgIpc) is 2.37. The molecule has 0 fully saturated rings. The van der Waals surface area contributed by atoms with Crippen molar-refractivity contribution in [3.8, 4) is 5.75 Å². The molecule has 0 spiro atoms. The van der Waals surface area contributed by atoms with Gasteiger partial charge in [-0.25, -0.2) is 4.79 Å². The molecule has 0 aromatic heterocycles. The molecule has 0 N–H and O–H groups in total. The van der Waals surface area contributed by atoms with E-state index in [1.807, 2.05) is 19.9 Å². The molecule has 0 atom stereocenters. The summed E-state index contributed by atoms with van der Waals surface area (Å²) in [6.07, 6.45) is 2.28. The van der Waals surface area contributed by atoms with E-state index < -0.39 is 5.97 Å². The summed E-state index contributed by atoms with van der Waals surface area (Å²) in [6, 6.07) is 5.35. The summed E-state index contributed by atoms with van der Waals surface area (Å²) in [7, 11) is 1.26. The van der Waals surface area contributed by atoms with Crippen LogP contribution in [-0.4, -0.2) is 25.5 Å². The van der Waals surface area contributed by atoms with E-state index in [1.165, 1.54) is 13.2 Å². The van der Waals surface area contributed by atoms with Gasteiger partial charge in [0.1, 0.15) is 5.75 Å². The van der Waals surface area contributed by atoms with Crippen molar-refractivity contribution in [2.45, 2.75) is 13.8 Å². The largest absolute Gasteiger partial charge is 0.493 e. The summed E-state index contributed by atoms with van der Waals surface area (Å²) in [4.78, 5) is 22.9. The van der Waals surface area contributed by atoms with Gasteiger partial charge in [0.15, 0.2) is 5.78 Å². The second-order valence-corrected chi connectivity index (χ2v) is 3.65. The predicted octanol–water partition coefficient (Wildman–Crippen LogP) is 2.31. The third-order valence-electron chi connectivity index (χ3n) is 2.27. The zero-order chi connectivity index (χ0) is 13.5. The van der Waals surface area contributed by atoms with Gasteiger partial charge in [0.2, 0.25) is 0 Å². The molecule has 4 heteroatoms. The lowest BCUT2D eigenvalue weighted by Gasteiger charge is -2.08. The molecule has 0 saturated carbocycles. The molecule has 0 bridgehead atoms. The van der Waals surface area contributed by atoms with E-state index in [-0.39, 0.29) is 5.78 Å². The first-order valence-corrected chi connectivity index (χ1v) is 5.62. The van der Waals surface area contributed by atoms with Crippen molar-refractivity contribution in [3.05, 3.63) is 41.5 Å². The Morgan fingerprint density at radius 3 is 2.61 bits per heavy atom. The minimum atomic E-state index is -0.561. The molecule has 0 aliphatic heterocycles. The van der Waals surface area contributed by atoms with Gasteiger partial charge < -0.3 is 9.47 Å². The molecule has 1 aromatic rings. The highest BCUT2D eigenvalue weighted by atomic mass is 16.5. The fourth-order valence-electron chi connectivity index (χ4n) is 1.42. The number of rotatable bonds is 5. The Bertz CT molecular complexity index is 475. The molecule has 0 aliphatic rings. The number of ketones is 1. The number of ether oxygens (including phenoxy) is 2. The van der Waals surface area contributed by atoms with E-state index in [9.17, 15) is 9.59 Å². The van der Waals surface area contributed by atoms with Gasteiger partial charge in [0.25, 0.3) is 0 Å². The molecule has 4 nitrogen and oxygen atoms in total. The van der Waals surface area contributed by atoms with E-state index >= 15 is 0 Å². The Labute approximate surface area is 106 Å². The van der Waals surface area contributed by atoms with Crippen molar-refractivity contribution in [1.29, 1.82) is 0 Å². The third-order valence-corrected chi connectivity index (χ3v) is 2.27. The summed E-state index contributed by atoms with van der Waals surface area (Å²) in [5.41, 5.74) is 1.39. The summed E-state index contributed by atoms with van der Waals surface area (Å²) in [5, 5.41) is 0. The topological polar surface area (TPSA) is 52.6 Å². The number of carbonyl (C=O) groups is 2. The smallest absolute Gasteiger partial charge is 0.330 e. The van der Waals surface area contributed by atoms with Crippen molar-refractivity contribution in [2.24, 2.45) is 0 Å². The summed E-state index contributed by atoms with van der Waals surface area (Å²) in [5.74, 6) is -0.330. The molecule has 1 rings (SSSR count). The maximum absolute atomic E-state index is 11.9. The number of hydrogen-bond acceptors (Lipinski definition) is 4. The lowest BCUT2D eigenvalue weighted by Crippen LogP contribution is -2.03. The van der Waals surface area contributed by atoms with Crippen LogP contribution in [0.15, 0.2) is 30.4 Å². The van der Waals surface area contributed by atoms with Gasteiger partial charge in [0.05, 0.1) is 19.3 Å². The predicted molar refractivity (Wildman–Crippen MR) is 67.8 cm³/mol. The first-order chi connectivity index (χ1) is 8.58. The maximum atomic E-state index is 11.9. The van der Waals surface area contributed by atoms with Crippen LogP contribution in [0.4, 0.5) is 0 Å². The fraction of sp³-hybridized carbons (Fsp3) is 0.286. The summed E-state index contributed by atoms with van der Waals surface area (Å²) in [6.45, 7) is 4.21. The van der Waals surface area contributed by atoms with E-state index in [4.69, 9.17) is 4.74 Å². The SMILES string of the molecule is CCOc1ccc(C)cc1C(=O)/C=C/C(=O)OC. The lowest BCUT2D eigenvalue weighted by molar-refractivity contribution is -0.134. The molecule has 0 aliphatic carbocycles. The normalized spacial score (nSPS) is 10.4. The molecule has 0 saturated heterocycles. The zero-order valence-corrected chi connectivity index (χ0v) is 10.7. The number of methoxy groups -OCH3 is 1. The van der Waals surface area contributed by atoms with Crippen molar-refractivity contribution in [1.82, 2.24) is 0 Å². The highest BCUT2D eigenvalue weighted by Gasteiger charge is 2.10. The van der Waals surface area contributed by atoms with Crippen molar-refractivity contribution >= 4 is 11.8 Å². The Morgan fingerprint density at radius 2 is 2.00 bits per heavy atom. The first kappa shape index (κ1) is 14.0. The van der Waals surface area contributed by atoms with Crippen LogP contribution in [0.2, 0.25) is 0 Å². The van der Waals surface area contributed by atoms with Crippen LogP contribution in [0.25, 0.3) is 0 Å². The van der Waals surface area contributed by atoms with Gasteiger partial charge in [0, 0.05) is 6.08 Å². The second kappa shape index (κ2) is 6.59. The molecular weight excluding hydrogens is 232 g/mol. The maximum Gasteiger partial charge on any atom is 0.330 e. The molecular formula is C14H16O4. The van der Waals surface area contributed by atoms with Crippen LogP contribution >= 0.6 is 0 Å². The van der Waals surface area contributed by atoms with Gasteiger partial charge >= 0.3 is 5.97 Å². The minimum Gasteiger partial charge on any atom is -0.493 e. The van der Waals surface area contributed by atoms with Gasteiger partial charge in [-0.15, -0.1) is 0 Å². The fourth-order valence-corrected chi connectivity index (χ4v) is 1.42. The molecule has 0 amide bonds. The molecule has 0 heterocycles. The van der Waals surface area contributed by atoms with Crippen molar-refractivity contribution < 1.29 is 19.1 Å². The summed E-state index contributed by atoms with van der Waals surface area (Å²) < 4.78 is 9.80. The van der Waals surface area contributed by atoms with Crippen LogP contribution in [0.3, 0.4) is 0 Å². The monoisotopic (exact) mass is 248 g/mol. The molecule has 0 unspecified atom stereocenters. The molecule has 0 radical (unpaired) electrons. The Hall–Kier alpha value is -2.10. The number of aryl methyl sites for hydroxylation is 1.